The standard InChI is InChI=1S/C25H22N4O3S/c1-2-32-22-11-4-3-10-21(22)25-29-20(16-33-25)14-23(30)27-18-8-5-9-19(13-18)28-24(31)17-7-6-12-26-15-17/h3-13,15-16H,2,14H2,1H3,(H,27,30)(H,28,31). The molecule has 4 aromatic rings. The molecule has 0 saturated heterocycles. The number of carbonyl (C=O) groups is 2. The van der Waals surface area contributed by atoms with Gasteiger partial charge in [0.15, 0.2) is 0 Å². The van der Waals surface area contributed by atoms with Crippen LogP contribution in [0.15, 0.2) is 78.4 Å². The van der Waals surface area contributed by atoms with Crippen molar-refractivity contribution >= 4 is 34.5 Å². The van der Waals surface area contributed by atoms with Crippen molar-refractivity contribution in [2.24, 2.45) is 0 Å². The molecule has 2 heterocycles. The molecule has 2 amide bonds. The zero-order valence-corrected chi connectivity index (χ0v) is 18.8. The van der Waals surface area contributed by atoms with Crippen molar-refractivity contribution in [2.75, 3.05) is 17.2 Å². The van der Waals surface area contributed by atoms with E-state index in [-0.39, 0.29) is 18.2 Å². The van der Waals surface area contributed by atoms with Crippen LogP contribution in [0.2, 0.25) is 0 Å². The fourth-order valence-electron chi connectivity index (χ4n) is 3.18. The van der Waals surface area contributed by atoms with E-state index in [1.165, 1.54) is 17.5 Å². The van der Waals surface area contributed by atoms with E-state index in [9.17, 15) is 9.59 Å². The molecule has 0 aliphatic heterocycles. The van der Waals surface area contributed by atoms with Crippen LogP contribution in [-0.4, -0.2) is 28.4 Å². The number of thiazole rings is 1. The largest absolute Gasteiger partial charge is 0.493 e. The first-order chi connectivity index (χ1) is 16.1. The lowest BCUT2D eigenvalue weighted by Gasteiger charge is -2.09. The number of anilines is 2. The number of benzene rings is 2. The van der Waals surface area contributed by atoms with Gasteiger partial charge in [-0.25, -0.2) is 4.98 Å². The summed E-state index contributed by atoms with van der Waals surface area (Å²) in [6, 6.07) is 18.1. The summed E-state index contributed by atoms with van der Waals surface area (Å²) in [5, 5.41) is 8.35. The Hall–Kier alpha value is -4.04. The summed E-state index contributed by atoms with van der Waals surface area (Å²) < 4.78 is 5.68. The molecule has 2 aromatic carbocycles. The Morgan fingerprint density at radius 3 is 2.61 bits per heavy atom. The normalized spacial score (nSPS) is 10.5. The van der Waals surface area contributed by atoms with Crippen LogP contribution in [0.3, 0.4) is 0 Å². The molecule has 2 aromatic heterocycles. The van der Waals surface area contributed by atoms with Gasteiger partial charge in [0, 0.05) is 29.1 Å². The van der Waals surface area contributed by atoms with Crippen molar-refractivity contribution in [3.63, 3.8) is 0 Å². The van der Waals surface area contributed by atoms with E-state index in [1.54, 1.807) is 42.6 Å². The molecule has 0 unspecified atom stereocenters. The fourth-order valence-corrected chi connectivity index (χ4v) is 4.03. The maximum atomic E-state index is 12.6. The molecule has 0 bridgehead atoms. The molecule has 7 nitrogen and oxygen atoms in total. The van der Waals surface area contributed by atoms with Gasteiger partial charge in [-0.15, -0.1) is 11.3 Å². The molecule has 0 spiro atoms. The van der Waals surface area contributed by atoms with E-state index in [2.05, 4.69) is 20.6 Å². The van der Waals surface area contributed by atoms with Crippen molar-refractivity contribution in [3.05, 3.63) is 89.7 Å². The molecular weight excluding hydrogens is 436 g/mol. The van der Waals surface area contributed by atoms with Gasteiger partial charge in [-0.05, 0) is 49.4 Å². The van der Waals surface area contributed by atoms with Gasteiger partial charge in [0.25, 0.3) is 5.91 Å². The lowest BCUT2D eigenvalue weighted by Crippen LogP contribution is -2.15. The molecule has 4 rings (SSSR count). The van der Waals surface area contributed by atoms with Gasteiger partial charge in [-0.3, -0.25) is 14.6 Å². The number of nitrogens with zero attached hydrogens (tertiary/aromatic N) is 2. The van der Waals surface area contributed by atoms with Crippen molar-refractivity contribution in [1.82, 2.24) is 9.97 Å². The highest BCUT2D eigenvalue weighted by Crippen LogP contribution is 2.32. The Morgan fingerprint density at radius 1 is 1.00 bits per heavy atom. The SMILES string of the molecule is CCOc1ccccc1-c1nc(CC(=O)Nc2cccc(NC(=O)c3cccnc3)c2)cs1. The van der Waals surface area contributed by atoms with Gasteiger partial charge in [0.2, 0.25) is 5.91 Å². The monoisotopic (exact) mass is 458 g/mol. The average Bonchev–Trinajstić information content (AvgIpc) is 3.28. The Kier molecular flexibility index (Phi) is 7.06. The van der Waals surface area contributed by atoms with Crippen LogP contribution in [0.1, 0.15) is 23.0 Å². The minimum absolute atomic E-state index is 0.138. The number of ether oxygens (including phenoxy) is 1. The highest BCUT2D eigenvalue weighted by atomic mass is 32.1. The molecule has 0 atom stereocenters. The minimum atomic E-state index is -0.270. The van der Waals surface area contributed by atoms with E-state index < -0.39 is 0 Å². The van der Waals surface area contributed by atoms with Crippen molar-refractivity contribution < 1.29 is 14.3 Å². The number of pyridine rings is 1. The van der Waals surface area contributed by atoms with Crippen LogP contribution < -0.4 is 15.4 Å². The van der Waals surface area contributed by atoms with Gasteiger partial charge >= 0.3 is 0 Å². The molecule has 0 fully saturated rings. The topological polar surface area (TPSA) is 93.2 Å². The van der Waals surface area contributed by atoms with E-state index in [1.807, 2.05) is 36.6 Å². The Morgan fingerprint density at radius 2 is 1.82 bits per heavy atom. The summed E-state index contributed by atoms with van der Waals surface area (Å²) in [4.78, 5) is 33.5. The number of rotatable bonds is 8. The molecule has 8 heteroatoms. The molecule has 0 saturated carbocycles. The quantitative estimate of drug-likeness (QED) is 0.386. The number of para-hydroxylation sites is 1. The van der Waals surface area contributed by atoms with Crippen LogP contribution >= 0.6 is 11.3 Å². The first-order valence-electron chi connectivity index (χ1n) is 10.4. The minimum Gasteiger partial charge on any atom is -0.493 e. The Balaban J connectivity index is 1.39. The summed E-state index contributed by atoms with van der Waals surface area (Å²) in [7, 11) is 0. The zero-order chi connectivity index (χ0) is 23.0. The lowest BCUT2D eigenvalue weighted by molar-refractivity contribution is -0.115. The first kappa shape index (κ1) is 22.2. The summed E-state index contributed by atoms with van der Waals surface area (Å²) >= 11 is 1.47. The second-order valence-corrected chi connectivity index (χ2v) is 7.93. The smallest absolute Gasteiger partial charge is 0.257 e. The second-order valence-electron chi connectivity index (χ2n) is 7.07. The second kappa shape index (κ2) is 10.5. The predicted molar refractivity (Wildman–Crippen MR) is 130 cm³/mol. The fraction of sp³-hybridized carbons (Fsp3) is 0.120. The van der Waals surface area contributed by atoms with E-state index >= 15 is 0 Å². The van der Waals surface area contributed by atoms with Crippen LogP contribution in [0.5, 0.6) is 5.75 Å². The number of amides is 2. The summed E-state index contributed by atoms with van der Waals surface area (Å²) in [6.45, 7) is 2.51. The van der Waals surface area contributed by atoms with Crippen LogP contribution in [0.4, 0.5) is 11.4 Å². The average molecular weight is 459 g/mol. The molecular formula is C25H22N4O3S. The molecule has 0 radical (unpaired) electrons. The van der Waals surface area contributed by atoms with Crippen molar-refractivity contribution in [2.45, 2.75) is 13.3 Å². The van der Waals surface area contributed by atoms with Crippen molar-refractivity contribution in [3.8, 4) is 16.3 Å². The van der Waals surface area contributed by atoms with Gasteiger partial charge in [0.05, 0.1) is 29.8 Å². The Labute approximate surface area is 195 Å². The predicted octanol–water partition coefficient (Wildman–Crippen LogP) is 5.04. The van der Waals surface area contributed by atoms with Gasteiger partial charge in [-0.2, -0.15) is 0 Å². The van der Waals surface area contributed by atoms with Gasteiger partial charge < -0.3 is 15.4 Å². The highest BCUT2D eigenvalue weighted by Gasteiger charge is 2.13. The first-order valence-corrected chi connectivity index (χ1v) is 11.3. The number of hydrogen-bond acceptors (Lipinski definition) is 6. The number of nitrogens with one attached hydrogen (secondary N) is 2. The van der Waals surface area contributed by atoms with E-state index in [4.69, 9.17) is 4.74 Å². The maximum Gasteiger partial charge on any atom is 0.257 e. The molecule has 33 heavy (non-hydrogen) atoms. The third-order valence-corrected chi connectivity index (χ3v) is 5.56. The third-order valence-electron chi connectivity index (χ3n) is 4.64. The lowest BCUT2D eigenvalue weighted by atomic mass is 10.2. The van der Waals surface area contributed by atoms with Gasteiger partial charge in [0.1, 0.15) is 10.8 Å². The molecule has 2 N–H and O–H groups in total. The Bertz CT molecular complexity index is 1260. The zero-order valence-electron chi connectivity index (χ0n) is 17.9. The number of aromatic nitrogens is 2. The van der Waals surface area contributed by atoms with Crippen molar-refractivity contribution in [1.29, 1.82) is 0 Å². The number of hydrogen-bond donors (Lipinski definition) is 2. The van der Waals surface area contributed by atoms with E-state index in [0.29, 0.717) is 29.2 Å². The van der Waals surface area contributed by atoms with Crippen LogP contribution in [0.25, 0.3) is 10.6 Å². The summed E-state index contributed by atoms with van der Waals surface area (Å²) in [6.07, 6.45) is 3.24. The molecule has 0 aliphatic rings. The highest BCUT2D eigenvalue weighted by molar-refractivity contribution is 7.13. The molecule has 0 aliphatic carbocycles. The van der Waals surface area contributed by atoms with E-state index in [0.717, 1.165) is 16.3 Å². The molecule has 166 valence electrons. The summed E-state index contributed by atoms with van der Waals surface area (Å²) in [5.74, 6) is 0.310. The number of carbonyl (C=O) groups excluding carboxylic acids is 2. The maximum absolute atomic E-state index is 12.6. The third kappa shape index (κ3) is 5.81. The van der Waals surface area contributed by atoms with Gasteiger partial charge in [-0.1, -0.05) is 18.2 Å². The summed E-state index contributed by atoms with van der Waals surface area (Å²) in [5.41, 5.74) is 3.20. The van der Waals surface area contributed by atoms with Crippen LogP contribution in [-0.2, 0) is 11.2 Å². The van der Waals surface area contributed by atoms with Crippen LogP contribution in [0, 0.1) is 0 Å².